The molecule has 1 atom stereocenters. The number of likely N-dealkylation sites (N-methyl/N-ethyl adjacent to an activating group) is 1. The Balaban J connectivity index is 2.51. The summed E-state index contributed by atoms with van der Waals surface area (Å²) in [5, 5.41) is 11.2. The van der Waals surface area contributed by atoms with Gasteiger partial charge in [-0.05, 0) is 0 Å². The summed E-state index contributed by atoms with van der Waals surface area (Å²) in [5.41, 5.74) is 2.31. The highest BCUT2D eigenvalue weighted by molar-refractivity contribution is 5.77. The Morgan fingerprint density at radius 1 is 2.00 bits per heavy atom. The summed E-state index contributed by atoms with van der Waals surface area (Å²) in [4.78, 5) is 10.4. The van der Waals surface area contributed by atoms with E-state index in [4.69, 9.17) is 0 Å². The maximum absolute atomic E-state index is 10.4. The number of hydrogen-bond donors (Lipinski definition) is 2. The van der Waals surface area contributed by atoms with Gasteiger partial charge in [0.1, 0.15) is 0 Å². The van der Waals surface area contributed by atoms with Gasteiger partial charge in [0.2, 0.25) is 0 Å². The molecule has 2 N–H and O–H groups in total. The molecule has 1 rings (SSSR count). The zero-order chi connectivity index (χ0) is 6.15. The first-order valence-corrected chi connectivity index (χ1v) is 2.26. The minimum Gasteiger partial charge on any atom is -0.611 e. The van der Waals surface area contributed by atoms with Crippen LogP contribution in [-0.2, 0) is 4.79 Å². The molecule has 0 bridgehead atoms. The second-order valence-electron chi connectivity index (χ2n) is 1.66. The summed E-state index contributed by atoms with van der Waals surface area (Å²) in [6, 6.07) is 0. The molecule has 1 aliphatic rings. The normalized spacial score (nSPS) is 29.5. The second kappa shape index (κ2) is 1.70. The number of amides is 1. The Kier molecular flexibility index (Phi) is 1.16. The van der Waals surface area contributed by atoms with Crippen LogP contribution in [0.3, 0.4) is 0 Å². The van der Waals surface area contributed by atoms with Crippen molar-refractivity contribution in [3.8, 4) is 0 Å². The van der Waals surface area contributed by atoms with Crippen molar-refractivity contribution in [3.63, 3.8) is 0 Å². The fraction of sp³-hybridized carbons (Fsp3) is 0.667. The van der Waals surface area contributed by atoms with Crippen LogP contribution in [0.15, 0.2) is 0 Å². The van der Waals surface area contributed by atoms with E-state index >= 15 is 0 Å². The van der Waals surface area contributed by atoms with Crippen molar-refractivity contribution in [1.29, 1.82) is 0 Å². The lowest BCUT2D eigenvalue weighted by atomic mass is 10.6. The van der Waals surface area contributed by atoms with Crippen LogP contribution in [0.5, 0.6) is 0 Å². The lowest BCUT2D eigenvalue weighted by Crippen LogP contribution is -3.12. The number of quaternary nitrogens is 1. The average molecular weight is 117 g/mol. The number of nitrogens with zero attached hydrogens (tertiary/aromatic N) is 1. The number of hydrazine groups is 1. The van der Waals surface area contributed by atoms with Gasteiger partial charge in [-0.3, -0.25) is 9.97 Å². The van der Waals surface area contributed by atoms with Gasteiger partial charge in [0.15, 0.2) is 6.54 Å². The first-order valence-electron chi connectivity index (χ1n) is 2.26. The van der Waals surface area contributed by atoms with Gasteiger partial charge in [-0.15, -0.1) is 0 Å². The lowest BCUT2D eigenvalue weighted by Gasteiger charge is -2.12. The highest BCUT2D eigenvalue weighted by Gasteiger charge is 2.21. The van der Waals surface area contributed by atoms with Crippen LogP contribution < -0.4 is 10.7 Å². The number of carbonyl (C=O) groups is 1. The Morgan fingerprint density at radius 2 is 2.62 bits per heavy atom. The van der Waals surface area contributed by atoms with Gasteiger partial charge in [-0.25, -0.2) is 5.01 Å². The third kappa shape index (κ3) is 0.786. The van der Waals surface area contributed by atoms with Gasteiger partial charge in [0.05, 0.1) is 0 Å². The highest BCUT2D eigenvalue weighted by Crippen LogP contribution is 1.75. The molecule has 0 saturated carbocycles. The molecule has 1 amide bonds. The van der Waals surface area contributed by atoms with Crippen LogP contribution >= 0.6 is 0 Å². The van der Waals surface area contributed by atoms with Gasteiger partial charge in [0.25, 0.3) is 5.91 Å². The molecule has 8 heavy (non-hydrogen) atoms. The molecule has 5 nitrogen and oxygen atoms in total. The van der Waals surface area contributed by atoms with Crippen LogP contribution in [0.4, 0.5) is 0 Å². The summed E-state index contributed by atoms with van der Waals surface area (Å²) < 4.78 is 0. The van der Waals surface area contributed by atoms with Crippen LogP contribution in [0.1, 0.15) is 0 Å². The van der Waals surface area contributed by atoms with Gasteiger partial charge in [0, 0.05) is 7.05 Å². The van der Waals surface area contributed by atoms with Crippen LogP contribution in [0.2, 0.25) is 0 Å². The Bertz CT molecular complexity index is 115. The van der Waals surface area contributed by atoms with Crippen molar-refractivity contribution in [2.75, 3.05) is 13.6 Å². The monoisotopic (exact) mass is 117 g/mol. The van der Waals surface area contributed by atoms with Crippen molar-refractivity contribution in [1.82, 2.24) is 10.5 Å². The number of hydrogen-bond acceptors (Lipinski definition) is 3. The van der Waals surface area contributed by atoms with E-state index in [-0.39, 0.29) is 17.6 Å². The molecule has 0 aromatic heterocycles. The van der Waals surface area contributed by atoms with Crippen molar-refractivity contribution in [2.24, 2.45) is 0 Å². The molecule has 5 heteroatoms. The largest absolute Gasteiger partial charge is 0.611 e. The third-order valence-corrected chi connectivity index (χ3v) is 0.978. The molecule has 0 aromatic carbocycles. The Labute approximate surface area is 46.4 Å². The molecule has 0 radical (unpaired) electrons. The first kappa shape index (κ1) is 5.49. The molecule has 1 saturated heterocycles. The van der Waals surface area contributed by atoms with Crippen molar-refractivity contribution >= 4 is 5.91 Å². The summed E-state index contributed by atoms with van der Waals surface area (Å²) in [6.07, 6.45) is 0. The summed E-state index contributed by atoms with van der Waals surface area (Å²) in [5.74, 6) is -0.171. The molecule has 1 aliphatic heterocycles. The minimum absolute atomic E-state index is 0.00347. The van der Waals surface area contributed by atoms with E-state index in [2.05, 4.69) is 5.53 Å². The standard InChI is InChI=1S/C3H7N3O2/c1-5-3(7)2-6(8)4-5/h4,6H,2H2,1H3. The van der Waals surface area contributed by atoms with Crippen molar-refractivity contribution < 1.29 is 9.97 Å². The zero-order valence-electron chi connectivity index (χ0n) is 4.47. The maximum Gasteiger partial charge on any atom is 0.297 e. The molecule has 1 heterocycles. The average Bonchev–Trinajstić information content (AvgIpc) is 1.85. The molecule has 0 aliphatic carbocycles. The fourth-order valence-corrected chi connectivity index (χ4v) is 0.545. The topological polar surface area (TPSA) is 59.8 Å². The molecular weight excluding hydrogens is 110 g/mol. The first-order chi connectivity index (χ1) is 3.70. The fourth-order valence-electron chi connectivity index (χ4n) is 0.545. The number of nitrogens with one attached hydrogen (secondary N) is 2. The highest BCUT2D eigenvalue weighted by atomic mass is 16.6. The van der Waals surface area contributed by atoms with Crippen molar-refractivity contribution in [2.45, 2.75) is 0 Å². The van der Waals surface area contributed by atoms with Gasteiger partial charge in [-0.2, -0.15) is 0 Å². The number of carbonyl (C=O) groups excluding carboxylic acids is 1. The quantitative estimate of drug-likeness (QED) is 0.338. The molecular formula is C3H7N3O2. The predicted octanol–water partition coefficient (Wildman–Crippen LogP) is -2.74. The number of rotatable bonds is 0. The molecule has 46 valence electrons. The van der Waals surface area contributed by atoms with Gasteiger partial charge >= 0.3 is 0 Å². The SMILES string of the molecule is CN1N[NH+]([O-])CC1=O. The summed E-state index contributed by atoms with van der Waals surface area (Å²) in [7, 11) is 1.52. The molecule has 1 unspecified atom stereocenters. The predicted molar refractivity (Wildman–Crippen MR) is 25.1 cm³/mol. The molecule has 1 fully saturated rings. The third-order valence-electron chi connectivity index (χ3n) is 0.978. The Hall–Kier alpha value is -0.650. The number of hydroxylamine groups is 1. The maximum atomic E-state index is 10.4. The van der Waals surface area contributed by atoms with Crippen LogP contribution in [-0.4, -0.2) is 24.5 Å². The lowest BCUT2D eigenvalue weighted by molar-refractivity contribution is -0.889. The summed E-state index contributed by atoms with van der Waals surface area (Å²) in [6.45, 7) is -0.00347. The van der Waals surface area contributed by atoms with E-state index in [9.17, 15) is 10.0 Å². The second-order valence-corrected chi connectivity index (χ2v) is 1.66. The van der Waals surface area contributed by atoms with Crippen LogP contribution in [0.25, 0.3) is 0 Å². The van der Waals surface area contributed by atoms with E-state index < -0.39 is 0 Å². The zero-order valence-corrected chi connectivity index (χ0v) is 4.47. The Morgan fingerprint density at radius 3 is 2.75 bits per heavy atom. The summed E-state index contributed by atoms with van der Waals surface area (Å²) >= 11 is 0. The van der Waals surface area contributed by atoms with E-state index in [0.29, 0.717) is 0 Å². The van der Waals surface area contributed by atoms with Crippen LogP contribution in [0, 0.1) is 5.21 Å². The van der Waals surface area contributed by atoms with E-state index in [1.54, 1.807) is 0 Å². The van der Waals surface area contributed by atoms with E-state index in [0.717, 1.165) is 0 Å². The van der Waals surface area contributed by atoms with E-state index in [1.807, 2.05) is 0 Å². The molecule has 0 aromatic rings. The van der Waals surface area contributed by atoms with Gasteiger partial charge in [-0.1, -0.05) is 5.53 Å². The van der Waals surface area contributed by atoms with Crippen molar-refractivity contribution in [3.05, 3.63) is 5.21 Å². The minimum atomic E-state index is -0.225. The van der Waals surface area contributed by atoms with E-state index in [1.165, 1.54) is 12.1 Å². The van der Waals surface area contributed by atoms with Gasteiger partial charge < -0.3 is 5.21 Å². The smallest absolute Gasteiger partial charge is 0.297 e. The molecule has 0 spiro atoms.